The van der Waals surface area contributed by atoms with E-state index in [1.165, 1.54) is 0 Å². The summed E-state index contributed by atoms with van der Waals surface area (Å²) in [6.07, 6.45) is 1.14. The summed E-state index contributed by atoms with van der Waals surface area (Å²) in [6, 6.07) is 7.78. The maximum absolute atomic E-state index is 5.59. The van der Waals surface area contributed by atoms with Crippen LogP contribution in [0.4, 0.5) is 0 Å². The van der Waals surface area contributed by atoms with E-state index in [4.69, 9.17) is 14.8 Å². The summed E-state index contributed by atoms with van der Waals surface area (Å²) in [4.78, 5) is 8.72. The second kappa shape index (κ2) is 6.70. The van der Waals surface area contributed by atoms with Crippen LogP contribution >= 0.6 is 0 Å². The number of hydrogen-bond acceptors (Lipinski definition) is 7. The van der Waals surface area contributed by atoms with Crippen LogP contribution in [0, 0.1) is 0 Å². The minimum Gasteiger partial charge on any atom is -0.339 e. The zero-order valence-electron chi connectivity index (χ0n) is 13.2. The van der Waals surface area contributed by atoms with Crippen molar-refractivity contribution < 1.29 is 9.05 Å². The van der Waals surface area contributed by atoms with E-state index in [-0.39, 0.29) is 5.92 Å². The van der Waals surface area contributed by atoms with Crippen LogP contribution < -0.4 is 5.73 Å². The fourth-order valence-corrected chi connectivity index (χ4v) is 2.08. The summed E-state index contributed by atoms with van der Waals surface area (Å²) in [6.45, 7) is 4.56. The third-order valence-corrected chi connectivity index (χ3v) is 3.47. The van der Waals surface area contributed by atoms with Gasteiger partial charge in [-0.3, -0.25) is 0 Å². The Balaban J connectivity index is 1.64. The van der Waals surface area contributed by atoms with Gasteiger partial charge in [0.2, 0.25) is 17.6 Å². The standard InChI is InChI=1S/C16H19N5O2/c1-10(2)15-18-13(22-20-15)7-8-14-19-16(21-23-14)12-5-3-11(9-17)4-6-12/h3-6,10H,7-9,17H2,1-2H3. The fraction of sp³-hybridized carbons (Fsp3) is 0.375. The summed E-state index contributed by atoms with van der Waals surface area (Å²) in [5.74, 6) is 2.66. The SMILES string of the molecule is CC(C)c1noc(CCc2nc(-c3ccc(CN)cc3)no2)n1. The molecule has 23 heavy (non-hydrogen) atoms. The van der Waals surface area contributed by atoms with E-state index in [0.717, 1.165) is 11.1 Å². The van der Waals surface area contributed by atoms with Gasteiger partial charge in [0.05, 0.1) is 0 Å². The summed E-state index contributed by atoms with van der Waals surface area (Å²) >= 11 is 0. The molecule has 3 rings (SSSR count). The zero-order valence-corrected chi connectivity index (χ0v) is 13.2. The van der Waals surface area contributed by atoms with Crippen LogP contribution in [0.2, 0.25) is 0 Å². The van der Waals surface area contributed by atoms with Gasteiger partial charge in [0, 0.05) is 30.9 Å². The van der Waals surface area contributed by atoms with Crippen molar-refractivity contribution in [2.45, 2.75) is 39.2 Å². The topological polar surface area (TPSA) is 104 Å². The maximum atomic E-state index is 5.59. The molecule has 120 valence electrons. The maximum Gasteiger partial charge on any atom is 0.227 e. The van der Waals surface area contributed by atoms with E-state index in [1.807, 2.05) is 38.1 Å². The van der Waals surface area contributed by atoms with Crippen LogP contribution in [0.1, 0.15) is 42.9 Å². The average Bonchev–Trinajstić information content (AvgIpc) is 3.22. The van der Waals surface area contributed by atoms with Gasteiger partial charge in [-0.05, 0) is 5.56 Å². The molecule has 1 aromatic carbocycles. The van der Waals surface area contributed by atoms with Gasteiger partial charge in [-0.1, -0.05) is 48.4 Å². The van der Waals surface area contributed by atoms with Gasteiger partial charge in [0.15, 0.2) is 5.82 Å². The second-order valence-electron chi connectivity index (χ2n) is 5.61. The number of aromatic nitrogens is 4. The molecule has 0 saturated heterocycles. The van der Waals surface area contributed by atoms with E-state index < -0.39 is 0 Å². The van der Waals surface area contributed by atoms with Gasteiger partial charge in [0.1, 0.15) is 0 Å². The van der Waals surface area contributed by atoms with E-state index in [1.54, 1.807) is 0 Å². The third-order valence-electron chi connectivity index (χ3n) is 3.47. The van der Waals surface area contributed by atoms with Crippen LogP contribution in [0.3, 0.4) is 0 Å². The van der Waals surface area contributed by atoms with Crippen molar-refractivity contribution in [3.05, 3.63) is 47.4 Å². The summed E-state index contributed by atoms with van der Waals surface area (Å²) < 4.78 is 10.5. The molecule has 2 aromatic heterocycles. The van der Waals surface area contributed by atoms with Crippen molar-refractivity contribution in [2.24, 2.45) is 5.73 Å². The van der Waals surface area contributed by atoms with E-state index in [9.17, 15) is 0 Å². The van der Waals surface area contributed by atoms with Crippen LogP contribution in [0.5, 0.6) is 0 Å². The largest absolute Gasteiger partial charge is 0.339 e. The van der Waals surface area contributed by atoms with Crippen molar-refractivity contribution in [2.75, 3.05) is 0 Å². The van der Waals surface area contributed by atoms with Crippen molar-refractivity contribution >= 4 is 0 Å². The molecule has 7 nitrogen and oxygen atoms in total. The number of benzene rings is 1. The predicted molar refractivity (Wildman–Crippen MR) is 83.4 cm³/mol. The molecule has 0 aliphatic carbocycles. The Morgan fingerprint density at radius 2 is 1.61 bits per heavy atom. The Kier molecular flexibility index (Phi) is 4.47. The molecule has 0 unspecified atom stereocenters. The minimum absolute atomic E-state index is 0.249. The molecular formula is C16H19N5O2. The van der Waals surface area contributed by atoms with Gasteiger partial charge in [-0.2, -0.15) is 9.97 Å². The van der Waals surface area contributed by atoms with Gasteiger partial charge < -0.3 is 14.8 Å². The molecule has 7 heteroatoms. The minimum atomic E-state index is 0.249. The smallest absolute Gasteiger partial charge is 0.227 e. The molecular weight excluding hydrogens is 294 g/mol. The lowest BCUT2D eigenvalue weighted by Gasteiger charge is -1.97. The Bertz CT molecular complexity index is 761. The van der Waals surface area contributed by atoms with Crippen LogP contribution in [-0.4, -0.2) is 20.3 Å². The summed E-state index contributed by atoms with van der Waals surface area (Å²) in [5.41, 5.74) is 7.55. The predicted octanol–water partition coefficient (Wildman–Crippen LogP) is 2.49. The molecule has 0 amide bonds. The van der Waals surface area contributed by atoms with Crippen LogP contribution in [-0.2, 0) is 19.4 Å². The Labute approximate surface area is 133 Å². The zero-order chi connectivity index (χ0) is 16.2. The first-order chi connectivity index (χ1) is 11.2. The van der Waals surface area contributed by atoms with Crippen LogP contribution in [0.25, 0.3) is 11.4 Å². The average molecular weight is 313 g/mol. The lowest BCUT2D eigenvalue weighted by Crippen LogP contribution is -1.95. The fourth-order valence-electron chi connectivity index (χ4n) is 2.08. The Hall–Kier alpha value is -2.54. The van der Waals surface area contributed by atoms with Gasteiger partial charge >= 0.3 is 0 Å². The first-order valence-corrected chi connectivity index (χ1v) is 7.60. The molecule has 0 atom stereocenters. The lowest BCUT2D eigenvalue weighted by molar-refractivity contribution is 0.351. The molecule has 0 bridgehead atoms. The highest BCUT2D eigenvalue weighted by Crippen LogP contribution is 2.17. The molecule has 0 aliphatic rings. The van der Waals surface area contributed by atoms with Crippen molar-refractivity contribution in [3.63, 3.8) is 0 Å². The third kappa shape index (κ3) is 3.62. The Morgan fingerprint density at radius 3 is 2.22 bits per heavy atom. The van der Waals surface area contributed by atoms with Crippen LogP contribution in [0.15, 0.2) is 33.3 Å². The molecule has 0 saturated carbocycles. The molecule has 0 fully saturated rings. The van der Waals surface area contributed by atoms with Crippen molar-refractivity contribution in [3.8, 4) is 11.4 Å². The monoisotopic (exact) mass is 313 g/mol. The summed E-state index contributed by atoms with van der Waals surface area (Å²) in [7, 11) is 0. The quantitative estimate of drug-likeness (QED) is 0.745. The molecule has 0 spiro atoms. The first-order valence-electron chi connectivity index (χ1n) is 7.60. The molecule has 3 aromatic rings. The number of rotatable bonds is 6. The number of nitrogens with two attached hydrogens (primary N) is 1. The summed E-state index contributed by atoms with van der Waals surface area (Å²) in [5, 5.41) is 7.94. The number of nitrogens with zero attached hydrogens (tertiary/aromatic N) is 4. The molecule has 0 aliphatic heterocycles. The number of hydrogen-bond donors (Lipinski definition) is 1. The normalized spacial score (nSPS) is 11.3. The highest BCUT2D eigenvalue weighted by molar-refractivity contribution is 5.54. The highest BCUT2D eigenvalue weighted by Gasteiger charge is 2.13. The second-order valence-corrected chi connectivity index (χ2v) is 5.61. The molecule has 2 heterocycles. The van der Waals surface area contributed by atoms with Gasteiger partial charge in [0.25, 0.3) is 0 Å². The highest BCUT2D eigenvalue weighted by atomic mass is 16.5. The molecule has 0 radical (unpaired) electrons. The van der Waals surface area contributed by atoms with Crippen molar-refractivity contribution in [1.29, 1.82) is 0 Å². The van der Waals surface area contributed by atoms with Crippen molar-refractivity contribution in [1.82, 2.24) is 20.3 Å². The van der Waals surface area contributed by atoms with E-state index in [0.29, 0.717) is 42.8 Å². The van der Waals surface area contributed by atoms with E-state index in [2.05, 4.69) is 20.3 Å². The Morgan fingerprint density at radius 1 is 0.957 bits per heavy atom. The number of aryl methyl sites for hydroxylation is 2. The molecule has 2 N–H and O–H groups in total. The first kappa shape index (κ1) is 15.4. The lowest BCUT2D eigenvalue weighted by atomic mass is 10.1. The van der Waals surface area contributed by atoms with Gasteiger partial charge in [-0.25, -0.2) is 0 Å². The van der Waals surface area contributed by atoms with Gasteiger partial charge in [-0.15, -0.1) is 0 Å². The van der Waals surface area contributed by atoms with E-state index >= 15 is 0 Å².